The van der Waals surface area contributed by atoms with Gasteiger partial charge in [-0.1, -0.05) is 25.7 Å². The van der Waals surface area contributed by atoms with E-state index in [1.807, 2.05) is 27.7 Å². The highest BCUT2D eigenvalue weighted by Crippen LogP contribution is 2.43. The number of nitrogens with one attached hydrogen (secondary N) is 3. The van der Waals surface area contributed by atoms with Gasteiger partial charge < -0.3 is 66.4 Å². The van der Waals surface area contributed by atoms with E-state index in [1.54, 1.807) is 48.4 Å². The minimum Gasteiger partial charge on any atom is -0.506 e. The average Bonchev–Trinajstić information content (AvgIpc) is 4.20. The lowest BCUT2D eigenvalue weighted by Crippen LogP contribution is -2.45. The summed E-state index contributed by atoms with van der Waals surface area (Å²) in [5.74, 6) is 0.482. The first-order valence-electron chi connectivity index (χ1n) is 27.3. The molecule has 6 heterocycles. The molecule has 2 aliphatic carbocycles. The Bertz CT molecular complexity index is 2760. The molecule has 0 spiro atoms. The molecule has 21 nitrogen and oxygen atoms in total. The van der Waals surface area contributed by atoms with Crippen LogP contribution in [0.2, 0.25) is 0 Å². The van der Waals surface area contributed by atoms with Crippen LogP contribution in [0.1, 0.15) is 125 Å². The Morgan fingerprint density at radius 2 is 1.01 bits per heavy atom. The maximum Gasteiger partial charge on any atom is 0.335 e. The van der Waals surface area contributed by atoms with E-state index in [1.165, 1.54) is 63.0 Å². The summed E-state index contributed by atoms with van der Waals surface area (Å²) in [5.41, 5.74) is 6.97. The quantitative estimate of drug-likeness (QED) is 0.0839. The summed E-state index contributed by atoms with van der Waals surface area (Å²) in [6.45, 7) is 13.3. The van der Waals surface area contributed by atoms with Gasteiger partial charge in [-0.3, -0.25) is 14.4 Å². The number of carboxylic acids is 1. The van der Waals surface area contributed by atoms with Crippen molar-refractivity contribution in [3.63, 3.8) is 0 Å². The second-order valence-corrected chi connectivity index (χ2v) is 23.1. The van der Waals surface area contributed by atoms with Gasteiger partial charge in [-0.2, -0.15) is 9.97 Å². The number of phenolic OH excluding ortho intramolecular Hbond substituents is 2. The number of piperidine rings is 2. The highest BCUT2D eigenvalue weighted by molar-refractivity contribution is 6.02. The number of aromatic hydroxyl groups is 2. The number of anilines is 8. The minimum absolute atomic E-state index is 0.0133. The molecular weight excluding hydrogens is 981 g/mol. The number of nitrogens with zero attached hydrogens (tertiary/aromatic N) is 10. The van der Waals surface area contributed by atoms with Crippen molar-refractivity contribution in [3.8, 4) is 11.5 Å². The van der Waals surface area contributed by atoms with Crippen molar-refractivity contribution in [2.24, 2.45) is 16.6 Å². The molecule has 4 aromatic rings. The van der Waals surface area contributed by atoms with Crippen LogP contribution >= 0.6 is 0 Å². The third-order valence-electron chi connectivity index (χ3n) is 16.0. The van der Waals surface area contributed by atoms with Crippen LogP contribution in [-0.2, 0) is 9.59 Å². The van der Waals surface area contributed by atoms with Crippen LogP contribution in [-0.4, -0.2) is 160 Å². The van der Waals surface area contributed by atoms with Crippen LogP contribution in [0, 0.1) is 10.8 Å². The fraction of sp³-hybridized carbons (Fsp3) is 0.571. The molecule has 0 unspecified atom stereocenters. The molecule has 77 heavy (non-hydrogen) atoms. The summed E-state index contributed by atoms with van der Waals surface area (Å²) in [7, 11) is 7.75. The van der Waals surface area contributed by atoms with E-state index in [9.17, 15) is 29.4 Å². The molecule has 4 aliphatic heterocycles. The number of rotatable bonds is 9. The first-order chi connectivity index (χ1) is 36.6. The third kappa shape index (κ3) is 13.3. The number of benzene rings is 2. The number of carboxylic acid groups (broad SMARTS) is 1. The molecule has 21 heteroatoms. The SMILES string of the molecule is CN1C(=O)C(C)(C)CN(C2CCCC2)c2nc(Nc3ccc(C(=O)O)cc3O)ncc21.CN1CCC(N)CC1.CN1CCC(NC(=O)c2ccc(Nc3ncc4c(n3)N(C3CCCC3)CC(C)(C)C(=O)N4C)c(O)c2)CC1. The molecule has 6 aliphatic rings. The van der Waals surface area contributed by atoms with Gasteiger partial charge in [-0.25, -0.2) is 14.8 Å². The smallest absolute Gasteiger partial charge is 0.335 e. The topological polar surface area (TPSA) is 262 Å². The summed E-state index contributed by atoms with van der Waals surface area (Å²) < 4.78 is 0. The Hall–Kier alpha value is -6.84. The van der Waals surface area contributed by atoms with E-state index in [-0.39, 0.29) is 46.8 Å². The van der Waals surface area contributed by atoms with Gasteiger partial charge in [0.05, 0.1) is 40.2 Å². The molecule has 2 aromatic heterocycles. The predicted octanol–water partition coefficient (Wildman–Crippen LogP) is 6.92. The number of aromatic nitrogens is 4. The van der Waals surface area contributed by atoms with Crippen molar-refractivity contribution >= 4 is 70.0 Å². The highest BCUT2D eigenvalue weighted by atomic mass is 16.4. The molecule has 3 amide bonds. The van der Waals surface area contributed by atoms with E-state index >= 15 is 0 Å². The summed E-state index contributed by atoms with van der Waals surface area (Å²) in [4.78, 5) is 80.8. The number of fused-ring (bicyclic) bond motifs is 2. The van der Waals surface area contributed by atoms with E-state index in [2.05, 4.69) is 59.6 Å². The van der Waals surface area contributed by atoms with Gasteiger partial charge in [-0.05, 0) is 156 Å². The summed E-state index contributed by atoms with van der Waals surface area (Å²) in [5, 5.41) is 39.2. The van der Waals surface area contributed by atoms with Gasteiger partial charge in [0.25, 0.3) is 5.91 Å². The summed E-state index contributed by atoms with van der Waals surface area (Å²) in [6, 6.07) is 10.1. The Morgan fingerprint density at radius 1 is 0.610 bits per heavy atom. The van der Waals surface area contributed by atoms with E-state index < -0.39 is 16.8 Å². The third-order valence-corrected chi connectivity index (χ3v) is 16.0. The van der Waals surface area contributed by atoms with Crippen LogP contribution in [0.15, 0.2) is 48.8 Å². The van der Waals surface area contributed by atoms with Crippen molar-refractivity contribution < 1.29 is 34.5 Å². The fourth-order valence-corrected chi connectivity index (χ4v) is 11.3. The van der Waals surface area contributed by atoms with E-state index in [0.29, 0.717) is 71.3 Å². The molecule has 2 saturated heterocycles. The standard InChI is InChI=1S/C28H39N7O3.C22H27N5O4.C6H14N2/c1-28(2)17-35(20-7-5-6-8-20)24-22(34(4)26(28)38)16-29-27(32-24)31-21-10-9-18(15-23(21)36)25(37)30-19-11-13-33(3)14-12-19;1-22(2)12-27(14-6-4-5-7-14)18-16(26(3)20(22)31)11-23-21(25-18)24-15-9-8-13(19(29)30)10-17(15)28;1-8-4-2-6(7)3-5-8/h9-10,15-16,19-20,36H,5-8,11-14,17H2,1-4H3,(H,30,37)(H,29,31,32);8-11,14,28H,4-7,12H2,1-3H3,(H,29,30)(H,23,24,25);6H,2-5,7H2,1H3. The van der Waals surface area contributed by atoms with Crippen molar-refractivity contribution in [3.05, 3.63) is 59.9 Å². The lowest BCUT2D eigenvalue weighted by Gasteiger charge is -2.34. The molecule has 2 aromatic carbocycles. The molecule has 0 atom stereocenters. The minimum atomic E-state index is -1.12. The number of aromatic carboxylic acids is 1. The van der Waals surface area contributed by atoms with Gasteiger partial charge in [0.1, 0.15) is 22.9 Å². The molecule has 416 valence electrons. The number of likely N-dealkylation sites (tertiary alicyclic amines) is 2. The van der Waals surface area contributed by atoms with Gasteiger partial charge in [0.15, 0.2) is 11.6 Å². The van der Waals surface area contributed by atoms with Crippen LogP contribution in [0.3, 0.4) is 0 Å². The summed E-state index contributed by atoms with van der Waals surface area (Å²) >= 11 is 0. The number of hydrogen-bond acceptors (Lipinski definition) is 17. The average molecular weight is 1060 g/mol. The normalized spacial score (nSPS) is 20.5. The molecule has 8 N–H and O–H groups in total. The van der Waals surface area contributed by atoms with E-state index in [4.69, 9.17) is 20.8 Å². The number of amides is 3. The zero-order valence-corrected chi connectivity index (χ0v) is 46.2. The predicted molar refractivity (Wildman–Crippen MR) is 300 cm³/mol. The van der Waals surface area contributed by atoms with Crippen LogP contribution < -0.4 is 41.3 Å². The molecule has 2 saturated carbocycles. The second-order valence-electron chi connectivity index (χ2n) is 23.1. The maximum absolute atomic E-state index is 13.2. The maximum atomic E-state index is 13.2. The lowest BCUT2D eigenvalue weighted by atomic mass is 9.91. The Labute approximate surface area is 452 Å². The number of carbonyl (C=O) groups is 4. The van der Waals surface area contributed by atoms with Gasteiger partial charge in [0.2, 0.25) is 23.7 Å². The Morgan fingerprint density at radius 3 is 1.42 bits per heavy atom. The lowest BCUT2D eigenvalue weighted by molar-refractivity contribution is -0.126. The number of carbonyl (C=O) groups excluding carboxylic acids is 3. The highest BCUT2D eigenvalue weighted by Gasteiger charge is 2.43. The van der Waals surface area contributed by atoms with E-state index in [0.717, 1.165) is 70.3 Å². The van der Waals surface area contributed by atoms with Crippen molar-refractivity contribution in [1.29, 1.82) is 0 Å². The second kappa shape index (κ2) is 23.8. The van der Waals surface area contributed by atoms with Gasteiger partial charge in [-0.15, -0.1) is 0 Å². The summed E-state index contributed by atoms with van der Waals surface area (Å²) in [6.07, 6.45) is 16.4. The first-order valence-corrected chi connectivity index (χ1v) is 27.3. The van der Waals surface area contributed by atoms with Crippen molar-refractivity contribution in [1.82, 2.24) is 35.1 Å². The Kier molecular flexibility index (Phi) is 17.4. The molecule has 0 radical (unpaired) electrons. The molecule has 10 rings (SSSR count). The first kappa shape index (κ1) is 56.4. The zero-order chi connectivity index (χ0) is 55.3. The van der Waals surface area contributed by atoms with Crippen LogP contribution in [0.4, 0.5) is 46.3 Å². The van der Waals surface area contributed by atoms with Crippen LogP contribution in [0.25, 0.3) is 0 Å². The number of hydrogen-bond donors (Lipinski definition) is 7. The monoisotopic (exact) mass is 1060 g/mol. The Balaban J connectivity index is 0.000000180. The molecule has 4 fully saturated rings. The number of phenols is 2. The molecular formula is C56H80N14O7. The van der Waals surface area contributed by atoms with Crippen LogP contribution in [0.5, 0.6) is 11.5 Å². The van der Waals surface area contributed by atoms with Crippen molar-refractivity contribution in [2.45, 2.75) is 129 Å². The van der Waals surface area contributed by atoms with Gasteiger partial charge in [0, 0.05) is 56.9 Å². The molecule has 0 bridgehead atoms. The fourth-order valence-electron chi connectivity index (χ4n) is 11.3. The van der Waals surface area contributed by atoms with Crippen molar-refractivity contribution in [2.75, 3.05) is 97.7 Å². The zero-order valence-electron chi connectivity index (χ0n) is 46.2. The van der Waals surface area contributed by atoms with Gasteiger partial charge >= 0.3 is 5.97 Å². The number of nitrogens with two attached hydrogens (primary N) is 1. The largest absolute Gasteiger partial charge is 0.506 e.